The number of carbonyl (C=O) groups excluding carboxylic acids is 2. The van der Waals surface area contributed by atoms with Crippen LogP contribution in [0.25, 0.3) is 5.69 Å². The van der Waals surface area contributed by atoms with E-state index in [1.807, 2.05) is 18.2 Å². The Balaban J connectivity index is 2.13. The number of hydrogen-bond acceptors (Lipinski definition) is 5. The lowest BCUT2D eigenvalue weighted by atomic mass is 10.3. The fourth-order valence-electron chi connectivity index (χ4n) is 1.32. The van der Waals surface area contributed by atoms with E-state index in [0.717, 1.165) is 0 Å². The van der Waals surface area contributed by atoms with E-state index in [4.69, 9.17) is 10.5 Å². The number of amides is 1. The molecule has 0 unspecified atom stereocenters. The molecular weight excluding hydrogens is 248 g/mol. The maximum absolute atomic E-state index is 11.7. The number of aromatic nitrogens is 3. The van der Waals surface area contributed by atoms with Gasteiger partial charge in [0, 0.05) is 0 Å². The van der Waals surface area contributed by atoms with Gasteiger partial charge < -0.3 is 10.5 Å². The molecule has 0 saturated carbocycles. The van der Waals surface area contributed by atoms with E-state index in [1.165, 1.54) is 17.9 Å². The number of esters is 1. The third-order valence-electron chi connectivity index (χ3n) is 2.37. The van der Waals surface area contributed by atoms with Crippen LogP contribution >= 0.6 is 0 Å². The van der Waals surface area contributed by atoms with Crippen LogP contribution in [-0.2, 0) is 9.53 Å². The monoisotopic (exact) mass is 260 g/mol. The predicted molar refractivity (Wildman–Crippen MR) is 65.4 cm³/mol. The Labute approximate surface area is 109 Å². The van der Waals surface area contributed by atoms with Crippen LogP contribution in [0.4, 0.5) is 0 Å². The van der Waals surface area contributed by atoms with Crippen LogP contribution in [0.1, 0.15) is 17.4 Å². The zero-order valence-electron chi connectivity index (χ0n) is 10.2. The number of hydrogen-bond donors (Lipinski definition) is 1. The molecule has 0 spiro atoms. The second kappa shape index (κ2) is 5.30. The summed E-state index contributed by atoms with van der Waals surface area (Å²) in [6.45, 7) is 1.39. The lowest BCUT2D eigenvalue weighted by molar-refractivity contribution is -0.125. The van der Waals surface area contributed by atoms with Crippen LogP contribution in [-0.4, -0.2) is 33.0 Å². The van der Waals surface area contributed by atoms with Crippen molar-refractivity contribution in [2.75, 3.05) is 0 Å². The molecule has 1 aromatic heterocycles. The van der Waals surface area contributed by atoms with Gasteiger partial charge in [0.15, 0.2) is 11.8 Å². The second-order valence-corrected chi connectivity index (χ2v) is 3.80. The minimum absolute atomic E-state index is 0.0111. The summed E-state index contributed by atoms with van der Waals surface area (Å²) in [5, 5.41) is 7.92. The van der Waals surface area contributed by atoms with Gasteiger partial charge in [0.05, 0.1) is 11.9 Å². The molecule has 98 valence electrons. The minimum Gasteiger partial charge on any atom is -0.448 e. The van der Waals surface area contributed by atoms with Crippen molar-refractivity contribution >= 4 is 11.9 Å². The van der Waals surface area contributed by atoms with E-state index in [2.05, 4.69) is 10.2 Å². The molecule has 7 nitrogen and oxygen atoms in total. The molecule has 2 rings (SSSR count). The fourth-order valence-corrected chi connectivity index (χ4v) is 1.32. The zero-order valence-corrected chi connectivity index (χ0v) is 10.2. The Bertz CT molecular complexity index is 594. The van der Waals surface area contributed by atoms with E-state index in [-0.39, 0.29) is 5.69 Å². The molecule has 19 heavy (non-hydrogen) atoms. The standard InChI is InChI=1S/C12H12N4O3/c1-8(11(13)17)19-12(18)10-7-14-16(15-10)9-5-3-2-4-6-9/h2-8H,1H3,(H2,13,17)/t8-/m0/s1. The molecule has 1 heterocycles. The lowest BCUT2D eigenvalue weighted by Gasteiger charge is -2.07. The molecular formula is C12H12N4O3. The van der Waals surface area contributed by atoms with Gasteiger partial charge in [-0.2, -0.15) is 9.90 Å². The Morgan fingerprint density at radius 2 is 2.00 bits per heavy atom. The van der Waals surface area contributed by atoms with E-state index in [9.17, 15) is 9.59 Å². The SMILES string of the molecule is C[C@H](OC(=O)c1cnn(-c2ccccc2)n1)C(N)=O. The number of nitrogens with zero attached hydrogens (tertiary/aromatic N) is 3. The van der Waals surface area contributed by atoms with E-state index >= 15 is 0 Å². The summed E-state index contributed by atoms with van der Waals surface area (Å²) in [5.41, 5.74) is 5.72. The van der Waals surface area contributed by atoms with Crippen LogP contribution < -0.4 is 5.73 Å². The van der Waals surface area contributed by atoms with Crippen molar-refractivity contribution in [3.05, 3.63) is 42.2 Å². The first-order chi connectivity index (χ1) is 9.08. The molecule has 0 saturated heterocycles. The van der Waals surface area contributed by atoms with Gasteiger partial charge in [0.1, 0.15) is 0 Å². The minimum atomic E-state index is -1.01. The summed E-state index contributed by atoms with van der Waals surface area (Å²) in [6.07, 6.45) is 0.262. The Kier molecular flexibility index (Phi) is 3.56. The smallest absolute Gasteiger partial charge is 0.361 e. The van der Waals surface area contributed by atoms with Gasteiger partial charge >= 0.3 is 5.97 Å². The van der Waals surface area contributed by atoms with Crippen LogP contribution in [0.2, 0.25) is 0 Å². The van der Waals surface area contributed by atoms with Gasteiger partial charge in [-0.15, -0.1) is 5.10 Å². The lowest BCUT2D eigenvalue weighted by Crippen LogP contribution is -2.30. The van der Waals surface area contributed by atoms with Crippen molar-refractivity contribution in [2.24, 2.45) is 5.73 Å². The molecule has 0 radical (unpaired) electrons. The van der Waals surface area contributed by atoms with Crippen molar-refractivity contribution in [3.63, 3.8) is 0 Å². The molecule has 0 aliphatic heterocycles. The van der Waals surface area contributed by atoms with Crippen molar-refractivity contribution < 1.29 is 14.3 Å². The van der Waals surface area contributed by atoms with Gasteiger partial charge in [-0.3, -0.25) is 4.79 Å². The summed E-state index contributed by atoms with van der Waals surface area (Å²) in [6, 6.07) is 9.09. The summed E-state index contributed by atoms with van der Waals surface area (Å²) < 4.78 is 4.82. The van der Waals surface area contributed by atoms with Crippen LogP contribution in [0.15, 0.2) is 36.5 Å². The number of rotatable bonds is 4. The van der Waals surface area contributed by atoms with Crippen molar-refractivity contribution in [2.45, 2.75) is 13.0 Å². The third-order valence-corrected chi connectivity index (χ3v) is 2.37. The van der Waals surface area contributed by atoms with Crippen molar-refractivity contribution in [1.29, 1.82) is 0 Å². The highest BCUT2D eigenvalue weighted by atomic mass is 16.5. The molecule has 1 atom stereocenters. The summed E-state index contributed by atoms with van der Waals surface area (Å²) in [5.74, 6) is -1.46. The van der Waals surface area contributed by atoms with Crippen LogP contribution in [0.3, 0.4) is 0 Å². The zero-order chi connectivity index (χ0) is 13.8. The molecule has 1 amide bonds. The maximum atomic E-state index is 11.7. The first-order valence-electron chi connectivity index (χ1n) is 5.56. The number of para-hydroxylation sites is 1. The largest absolute Gasteiger partial charge is 0.448 e. The van der Waals surface area contributed by atoms with E-state index in [1.54, 1.807) is 12.1 Å². The Morgan fingerprint density at radius 3 is 2.63 bits per heavy atom. The summed E-state index contributed by atoms with van der Waals surface area (Å²) in [4.78, 5) is 23.8. The van der Waals surface area contributed by atoms with Gasteiger partial charge in [-0.05, 0) is 19.1 Å². The average Bonchev–Trinajstić information content (AvgIpc) is 2.89. The molecule has 2 aromatic rings. The van der Waals surface area contributed by atoms with E-state index in [0.29, 0.717) is 5.69 Å². The quantitative estimate of drug-likeness (QED) is 0.797. The highest BCUT2D eigenvalue weighted by Crippen LogP contribution is 2.05. The molecule has 0 bridgehead atoms. The molecule has 1 aromatic carbocycles. The van der Waals surface area contributed by atoms with Gasteiger partial charge in [0.2, 0.25) is 0 Å². The van der Waals surface area contributed by atoms with E-state index < -0.39 is 18.0 Å². The second-order valence-electron chi connectivity index (χ2n) is 3.80. The molecule has 2 N–H and O–H groups in total. The molecule has 0 fully saturated rings. The first-order valence-corrected chi connectivity index (χ1v) is 5.56. The topological polar surface area (TPSA) is 100 Å². The number of nitrogens with two attached hydrogens (primary N) is 1. The van der Waals surface area contributed by atoms with Gasteiger partial charge in [-0.1, -0.05) is 18.2 Å². The Hall–Kier alpha value is -2.70. The third kappa shape index (κ3) is 2.95. The maximum Gasteiger partial charge on any atom is 0.361 e. The van der Waals surface area contributed by atoms with Gasteiger partial charge in [0.25, 0.3) is 5.91 Å². The molecule has 0 aliphatic carbocycles. The number of carbonyl (C=O) groups is 2. The summed E-state index contributed by atoms with van der Waals surface area (Å²) >= 11 is 0. The number of ether oxygens (including phenoxy) is 1. The molecule has 0 aliphatic rings. The fraction of sp³-hybridized carbons (Fsp3) is 0.167. The van der Waals surface area contributed by atoms with Gasteiger partial charge in [-0.25, -0.2) is 4.79 Å². The van der Waals surface area contributed by atoms with Crippen molar-refractivity contribution in [3.8, 4) is 5.69 Å². The summed E-state index contributed by atoms with van der Waals surface area (Å²) in [7, 11) is 0. The highest BCUT2D eigenvalue weighted by molar-refractivity contribution is 5.89. The van der Waals surface area contributed by atoms with Crippen molar-refractivity contribution in [1.82, 2.24) is 15.0 Å². The predicted octanol–water partition coefficient (Wildman–Crippen LogP) is 0.298. The van der Waals surface area contributed by atoms with Crippen LogP contribution in [0, 0.1) is 0 Å². The molecule has 7 heteroatoms. The number of primary amides is 1. The first kappa shape index (κ1) is 12.7. The Morgan fingerprint density at radius 1 is 1.32 bits per heavy atom. The van der Waals surface area contributed by atoms with Crippen LogP contribution in [0.5, 0.6) is 0 Å². The normalized spacial score (nSPS) is 11.8. The number of benzene rings is 1. The average molecular weight is 260 g/mol. The highest BCUT2D eigenvalue weighted by Gasteiger charge is 2.19.